The molecule has 0 aliphatic rings. The quantitative estimate of drug-likeness (QED) is 0.0211. The van der Waals surface area contributed by atoms with Gasteiger partial charge in [0.2, 0.25) is 0 Å². The van der Waals surface area contributed by atoms with Gasteiger partial charge in [0, 0.05) is 12.8 Å². The molecule has 0 fully saturated rings. The third kappa shape index (κ3) is 54.6. The number of ether oxygens (including phenoxy) is 4. The standard InChI is InChI=1S/C62H111NO8/c1-6-8-10-12-14-16-18-19-20-21-22-23-24-25-26-27-28-29-30-31-32-33-34-35-36-37-38-39-40-41-43-45-47-49-51-53-60(65)71-58(57-70-62(61(66)67)68-55-54-63(3,4)5)56-69-59(64)52-50-48-46-44-42-17-15-13-11-9-7-2/h8,10,13-16,19-20,22-23,58,62H,6-7,9,11-12,17-18,21,24-57H2,1-5H3/p+1/b10-8-,15-13-,16-14-,20-19-,23-22-. The van der Waals surface area contributed by atoms with Crippen molar-refractivity contribution in [3.63, 3.8) is 0 Å². The van der Waals surface area contributed by atoms with E-state index in [1.165, 1.54) is 141 Å². The minimum absolute atomic E-state index is 0.184. The van der Waals surface area contributed by atoms with Gasteiger partial charge in [-0.3, -0.25) is 9.59 Å². The first-order valence-electron chi connectivity index (χ1n) is 29.5. The molecule has 0 heterocycles. The van der Waals surface area contributed by atoms with Crippen LogP contribution in [0.1, 0.15) is 258 Å². The lowest BCUT2D eigenvalue weighted by Gasteiger charge is -2.25. The third-order valence-corrected chi connectivity index (χ3v) is 12.8. The molecule has 412 valence electrons. The lowest BCUT2D eigenvalue weighted by molar-refractivity contribution is -0.870. The van der Waals surface area contributed by atoms with Crippen LogP contribution in [0.15, 0.2) is 60.8 Å². The molecule has 0 aromatic carbocycles. The SMILES string of the molecule is CC/C=C\C/C=C\C/C=C\C/C=C\CCCCCCCCCCCCCCCCCCCCCCCCC(=O)OC(COC(=O)CCCCCCC/C=C\CCCC)COC(OCC[N+](C)(C)C)C(=O)O. The Morgan fingerprint density at radius 3 is 1.21 bits per heavy atom. The van der Waals surface area contributed by atoms with Gasteiger partial charge in [0.15, 0.2) is 6.10 Å². The van der Waals surface area contributed by atoms with Gasteiger partial charge in [-0.15, -0.1) is 0 Å². The van der Waals surface area contributed by atoms with E-state index < -0.39 is 24.3 Å². The Bertz CT molecular complexity index is 1350. The number of carboxylic acid groups (broad SMARTS) is 1. The van der Waals surface area contributed by atoms with Crippen LogP contribution in [0.25, 0.3) is 0 Å². The largest absolute Gasteiger partial charge is 0.477 e. The van der Waals surface area contributed by atoms with Crippen molar-refractivity contribution in [1.29, 1.82) is 0 Å². The summed E-state index contributed by atoms with van der Waals surface area (Å²) in [6.07, 6.45) is 64.7. The zero-order chi connectivity index (χ0) is 52.0. The van der Waals surface area contributed by atoms with Gasteiger partial charge < -0.3 is 28.5 Å². The van der Waals surface area contributed by atoms with Crippen molar-refractivity contribution in [2.24, 2.45) is 0 Å². The lowest BCUT2D eigenvalue weighted by atomic mass is 10.0. The van der Waals surface area contributed by atoms with Crippen LogP contribution in [0.5, 0.6) is 0 Å². The van der Waals surface area contributed by atoms with Crippen LogP contribution in [0.4, 0.5) is 0 Å². The number of carbonyl (C=O) groups excluding carboxylic acids is 2. The predicted octanol–water partition coefficient (Wildman–Crippen LogP) is 17.2. The summed E-state index contributed by atoms with van der Waals surface area (Å²) in [5.74, 6) is -2.01. The molecule has 0 amide bonds. The van der Waals surface area contributed by atoms with E-state index in [4.69, 9.17) is 18.9 Å². The van der Waals surface area contributed by atoms with Crippen molar-refractivity contribution in [3.8, 4) is 0 Å². The number of nitrogens with zero attached hydrogens (tertiary/aromatic N) is 1. The van der Waals surface area contributed by atoms with Crippen LogP contribution in [0, 0.1) is 0 Å². The summed E-state index contributed by atoms with van der Waals surface area (Å²) in [5.41, 5.74) is 0. The molecule has 0 spiro atoms. The molecule has 0 radical (unpaired) electrons. The van der Waals surface area contributed by atoms with Crippen molar-refractivity contribution >= 4 is 17.9 Å². The van der Waals surface area contributed by atoms with Crippen LogP contribution in [0.3, 0.4) is 0 Å². The second-order valence-electron chi connectivity index (χ2n) is 20.9. The highest BCUT2D eigenvalue weighted by molar-refractivity contribution is 5.71. The molecule has 2 atom stereocenters. The molecule has 71 heavy (non-hydrogen) atoms. The summed E-state index contributed by atoms with van der Waals surface area (Å²) in [7, 11) is 5.96. The highest BCUT2D eigenvalue weighted by Gasteiger charge is 2.25. The van der Waals surface area contributed by atoms with Crippen LogP contribution in [-0.2, 0) is 33.3 Å². The smallest absolute Gasteiger partial charge is 0.361 e. The Morgan fingerprint density at radius 1 is 0.437 bits per heavy atom. The van der Waals surface area contributed by atoms with E-state index in [1.54, 1.807) is 0 Å². The molecule has 9 nitrogen and oxygen atoms in total. The van der Waals surface area contributed by atoms with Crippen LogP contribution in [0.2, 0.25) is 0 Å². The number of hydrogen-bond acceptors (Lipinski definition) is 7. The van der Waals surface area contributed by atoms with Gasteiger partial charge in [0.1, 0.15) is 13.2 Å². The van der Waals surface area contributed by atoms with Crippen molar-refractivity contribution in [3.05, 3.63) is 60.8 Å². The summed E-state index contributed by atoms with van der Waals surface area (Å²) < 4.78 is 22.8. The maximum absolute atomic E-state index is 12.8. The molecule has 0 aromatic heterocycles. The number of hydrogen-bond donors (Lipinski definition) is 1. The van der Waals surface area contributed by atoms with Crippen molar-refractivity contribution in [2.75, 3.05) is 47.5 Å². The third-order valence-electron chi connectivity index (χ3n) is 12.8. The first kappa shape index (κ1) is 68.0. The zero-order valence-corrected chi connectivity index (χ0v) is 46.9. The molecule has 1 N–H and O–H groups in total. The number of likely N-dealkylation sites (N-methyl/N-ethyl adjacent to an activating group) is 1. The maximum Gasteiger partial charge on any atom is 0.361 e. The number of carbonyl (C=O) groups is 3. The molecular weight excluding hydrogens is 887 g/mol. The number of esters is 2. The Hall–Kier alpha value is -3.01. The van der Waals surface area contributed by atoms with Crippen LogP contribution >= 0.6 is 0 Å². The normalized spacial score (nSPS) is 13.2. The molecule has 0 bridgehead atoms. The predicted molar refractivity (Wildman–Crippen MR) is 300 cm³/mol. The van der Waals surface area contributed by atoms with Crippen molar-refractivity contribution < 1.29 is 42.9 Å². The summed E-state index contributed by atoms with van der Waals surface area (Å²) in [4.78, 5) is 37.3. The van der Waals surface area contributed by atoms with E-state index >= 15 is 0 Å². The second-order valence-corrected chi connectivity index (χ2v) is 20.9. The molecule has 0 rings (SSSR count). The highest BCUT2D eigenvalue weighted by atomic mass is 16.7. The molecule has 0 aromatic rings. The number of unbranched alkanes of at least 4 members (excludes halogenated alkanes) is 29. The molecular formula is C62H112NO8+. The van der Waals surface area contributed by atoms with E-state index in [9.17, 15) is 19.5 Å². The molecule has 0 saturated carbocycles. The minimum atomic E-state index is -1.51. The molecule has 0 aliphatic heterocycles. The average molecular weight is 1000 g/mol. The number of rotatable bonds is 54. The monoisotopic (exact) mass is 999 g/mol. The lowest BCUT2D eigenvalue weighted by Crippen LogP contribution is -2.40. The number of allylic oxidation sites excluding steroid dienone is 10. The van der Waals surface area contributed by atoms with E-state index in [0.29, 0.717) is 17.4 Å². The number of carboxylic acids is 1. The van der Waals surface area contributed by atoms with E-state index in [1.807, 2.05) is 21.1 Å². The van der Waals surface area contributed by atoms with Gasteiger partial charge in [0.25, 0.3) is 6.29 Å². The van der Waals surface area contributed by atoms with E-state index in [2.05, 4.69) is 74.6 Å². The fraction of sp³-hybridized carbons (Fsp3) is 0.790. The Balaban J connectivity index is 3.99. The van der Waals surface area contributed by atoms with Gasteiger partial charge in [-0.25, -0.2) is 4.79 Å². The first-order valence-corrected chi connectivity index (χ1v) is 29.5. The number of quaternary nitrogens is 1. The van der Waals surface area contributed by atoms with Crippen molar-refractivity contribution in [1.82, 2.24) is 0 Å². The topological polar surface area (TPSA) is 108 Å². The van der Waals surface area contributed by atoms with Gasteiger partial charge in [-0.05, 0) is 70.6 Å². The van der Waals surface area contributed by atoms with Gasteiger partial charge in [0.05, 0.1) is 34.4 Å². The van der Waals surface area contributed by atoms with Crippen LogP contribution < -0.4 is 0 Å². The van der Waals surface area contributed by atoms with Gasteiger partial charge in [-0.1, -0.05) is 235 Å². The summed E-state index contributed by atoms with van der Waals surface area (Å²) in [5, 5.41) is 9.67. The van der Waals surface area contributed by atoms with Gasteiger partial charge >= 0.3 is 17.9 Å². The maximum atomic E-state index is 12.8. The summed E-state index contributed by atoms with van der Waals surface area (Å²) in [6.45, 7) is 4.73. The zero-order valence-electron chi connectivity index (χ0n) is 46.9. The molecule has 2 unspecified atom stereocenters. The Kier molecular flexibility index (Phi) is 51.0. The fourth-order valence-electron chi connectivity index (χ4n) is 8.22. The average Bonchev–Trinajstić information content (AvgIpc) is 3.34. The Morgan fingerprint density at radius 2 is 0.803 bits per heavy atom. The minimum Gasteiger partial charge on any atom is -0.477 e. The second kappa shape index (κ2) is 53.3. The van der Waals surface area contributed by atoms with Crippen molar-refractivity contribution in [2.45, 2.75) is 270 Å². The molecule has 0 saturated heterocycles. The fourth-order valence-corrected chi connectivity index (χ4v) is 8.22. The highest BCUT2D eigenvalue weighted by Crippen LogP contribution is 2.17. The number of aliphatic carboxylic acids is 1. The molecule has 0 aliphatic carbocycles. The van der Waals surface area contributed by atoms with Gasteiger partial charge in [-0.2, -0.15) is 0 Å². The molecule has 9 heteroatoms. The van der Waals surface area contributed by atoms with E-state index in [0.717, 1.165) is 89.9 Å². The summed E-state index contributed by atoms with van der Waals surface area (Å²) in [6, 6.07) is 0. The van der Waals surface area contributed by atoms with E-state index in [-0.39, 0.29) is 32.2 Å². The van der Waals surface area contributed by atoms with Crippen LogP contribution in [-0.4, -0.2) is 87.4 Å². The Labute approximate surface area is 437 Å². The summed E-state index contributed by atoms with van der Waals surface area (Å²) >= 11 is 0. The first-order chi connectivity index (χ1) is 34.6.